The van der Waals surface area contributed by atoms with Gasteiger partial charge in [-0.15, -0.1) is 0 Å². The van der Waals surface area contributed by atoms with Gasteiger partial charge in [-0.3, -0.25) is 4.79 Å². The molecule has 1 aliphatic rings. The molecular weight excluding hydrogens is 188 g/mol. The van der Waals surface area contributed by atoms with Crippen LogP contribution in [0.4, 0.5) is 0 Å². The van der Waals surface area contributed by atoms with Crippen LogP contribution in [0.25, 0.3) is 0 Å². The molecule has 1 fully saturated rings. The van der Waals surface area contributed by atoms with Gasteiger partial charge in [0.05, 0.1) is 5.92 Å². The van der Waals surface area contributed by atoms with Crippen molar-refractivity contribution < 1.29 is 4.79 Å². The third-order valence-corrected chi connectivity index (χ3v) is 3.22. The van der Waals surface area contributed by atoms with E-state index in [1.165, 1.54) is 0 Å². The summed E-state index contributed by atoms with van der Waals surface area (Å²) in [5.41, 5.74) is 0. The second-order valence-corrected chi connectivity index (χ2v) is 4.82. The van der Waals surface area contributed by atoms with E-state index >= 15 is 0 Å². The summed E-state index contributed by atoms with van der Waals surface area (Å²) in [6, 6.07) is 0.328. The van der Waals surface area contributed by atoms with Crippen molar-refractivity contribution in [2.45, 2.75) is 39.7 Å². The smallest absolute Gasteiger partial charge is 0.227 e. The van der Waals surface area contributed by atoms with Gasteiger partial charge >= 0.3 is 0 Å². The summed E-state index contributed by atoms with van der Waals surface area (Å²) >= 11 is 0. The van der Waals surface area contributed by atoms with E-state index in [-0.39, 0.29) is 5.92 Å². The second-order valence-electron chi connectivity index (χ2n) is 4.82. The van der Waals surface area contributed by atoms with E-state index in [1.807, 2.05) is 4.90 Å². The van der Waals surface area contributed by atoms with Crippen LogP contribution in [0, 0.1) is 5.92 Å². The number of likely N-dealkylation sites (tertiary alicyclic amines) is 1. The van der Waals surface area contributed by atoms with Gasteiger partial charge < -0.3 is 9.80 Å². The molecule has 15 heavy (non-hydrogen) atoms. The van der Waals surface area contributed by atoms with Crippen molar-refractivity contribution >= 4 is 5.91 Å². The number of nitrogens with zero attached hydrogens (tertiary/aromatic N) is 2. The lowest BCUT2D eigenvalue weighted by molar-refractivity contribution is -0.138. The fraction of sp³-hybridized carbons (Fsp3) is 0.917. The molecule has 1 unspecified atom stereocenters. The molecule has 1 rings (SSSR count). The number of rotatable bonds is 3. The van der Waals surface area contributed by atoms with Crippen molar-refractivity contribution in [3.63, 3.8) is 0 Å². The Morgan fingerprint density at radius 1 is 1.53 bits per heavy atom. The monoisotopic (exact) mass is 212 g/mol. The Kier molecular flexibility index (Phi) is 4.58. The van der Waals surface area contributed by atoms with Crippen LogP contribution in [0.2, 0.25) is 0 Å². The van der Waals surface area contributed by atoms with Gasteiger partial charge in [0.25, 0.3) is 0 Å². The van der Waals surface area contributed by atoms with Crippen LogP contribution in [0.3, 0.4) is 0 Å². The molecule has 0 N–H and O–H groups in total. The van der Waals surface area contributed by atoms with Crippen LogP contribution in [0.5, 0.6) is 0 Å². The maximum atomic E-state index is 12.2. The number of hydrogen-bond donors (Lipinski definition) is 0. The number of hydrogen-bond acceptors (Lipinski definition) is 2. The Bertz CT molecular complexity index is 216. The van der Waals surface area contributed by atoms with Gasteiger partial charge in [0, 0.05) is 19.1 Å². The quantitative estimate of drug-likeness (QED) is 0.709. The Balaban J connectivity index is 2.57. The highest BCUT2D eigenvalue weighted by Gasteiger charge is 2.28. The van der Waals surface area contributed by atoms with E-state index in [1.54, 1.807) is 0 Å². The fourth-order valence-corrected chi connectivity index (χ4v) is 2.38. The van der Waals surface area contributed by atoms with Gasteiger partial charge in [-0.05, 0) is 47.2 Å². The molecule has 0 aliphatic carbocycles. The molecule has 1 amide bonds. The molecule has 0 spiro atoms. The molecule has 0 aromatic carbocycles. The standard InChI is InChI=1S/C12H24N2O/c1-5-14(10(2)3)12(15)11-7-6-8-13(4)9-11/h10-11H,5-9H2,1-4H3. The van der Waals surface area contributed by atoms with Crippen molar-refractivity contribution in [3.8, 4) is 0 Å². The van der Waals surface area contributed by atoms with Gasteiger partial charge in [0.1, 0.15) is 0 Å². The highest BCUT2D eigenvalue weighted by atomic mass is 16.2. The summed E-state index contributed by atoms with van der Waals surface area (Å²) in [7, 11) is 2.10. The van der Waals surface area contributed by atoms with E-state index in [0.717, 1.165) is 32.5 Å². The van der Waals surface area contributed by atoms with Crippen LogP contribution in [0.15, 0.2) is 0 Å². The lowest BCUT2D eigenvalue weighted by atomic mass is 9.96. The summed E-state index contributed by atoms with van der Waals surface area (Å²) in [6.45, 7) is 9.14. The minimum Gasteiger partial charge on any atom is -0.340 e. The number of carbonyl (C=O) groups is 1. The zero-order chi connectivity index (χ0) is 11.4. The third-order valence-electron chi connectivity index (χ3n) is 3.22. The lowest BCUT2D eigenvalue weighted by Gasteiger charge is -2.34. The normalized spacial score (nSPS) is 23.1. The first kappa shape index (κ1) is 12.5. The Hall–Kier alpha value is -0.570. The molecule has 0 bridgehead atoms. The number of carbonyl (C=O) groups excluding carboxylic acids is 1. The maximum absolute atomic E-state index is 12.2. The Labute approximate surface area is 93.4 Å². The summed E-state index contributed by atoms with van der Waals surface area (Å²) in [5.74, 6) is 0.574. The predicted octanol–water partition coefficient (Wildman–Crippen LogP) is 1.59. The molecule has 0 aromatic heterocycles. The molecule has 0 aromatic rings. The number of amides is 1. The molecule has 3 nitrogen and oxygen atoms in total. The van der Waals surface area contributed by atoms with Crippen molar-refractivity contribution in [1.29, 1.82) is 0 Å². The van der Waals surface area contributed by atoms with Crippen LogP contribution in [-0.4, -0.2) is 48.4 Å². The van der Waals surface area contributed by atoms with E-state index in [4.69, 9.17) is 0 Å². The average molecular weight is 212 g/mol. The van der Waals surface area contributed by atoms with Crippen LogP contribution in [0.1, 0.15) is 33.6 Å². The van der Waals surface area contributed by atoms with Crippen LogP contribution >= 0.6 is 0 Å². The summed E-state index contributed by atoms with van der Waals surface area (Å²) < 4.78 is 0. The molecular formula is C12H24N2O. The molecule has 88 valence electrons. The maximum Gasteiger partial charge on any atom is 0.227 e. The van der Waals surface area contributed by atoms with E-state index in [9.17, 15) is 4.79 Å². The summed E-state index contributed by atoms with van der Waals surface area (Å²) in [6.07, 6.45) is 2.22. The number of piperidine rings is 1. The molecule has 1 atom stereocenters. The molecule has 3 heteroatoms. The van der Waals surface area contributed by atoms with Crippen LogP contribution < -0.4 is 0 Å². The molecule has 0 radical (unpaired) electrons. The second kappa shape index (κ2) is 5.50. The Morgan fingerprint density at radius 2 is 2.20 bits per heavy atom. The minimum atomic E-state index is 0.228. The SMILES string of the molecule is CCN(C(=O)C1CCCN(C)C1)C(C)C. The van der Waals surface area contributed by atoms with Crippen molar-refractivity contribution in [1.82, 2.24) is 9.80 Å². The zero-order valence-electron chi connectivity index (χ0n) is 10.5. The van der Waals surface area contributed by atoms with Gasteiger partial charge in [0.2, 0.25) is 5.91 Å². The Morgan fingerprint density at radius 3 is 2.67 bits per heavy atom. The van der Waals surface area contributed by atoms with Gasteiger partial charge in [-0.25, -0.2) is 0 Å². The lowest BCUT2D eigenvalue weighted by Crippen LogP contribution is -2.46. The van der Waals surface area contributed by atoms with Gasteiger partial charge in [-0.1, -0.05) is 0 Å². The van der Waals surface area contributed by atoms with Crippen molar-refractivity contribution in [2.24, 2.45) is 5.92 Å². The first-order valence-electron chi connectivity index (χ1n) is 6.05. The first-order chi connectivity index (χ1) is 7.06. The van der Waals surface area contributed by atoms with E-state index in [2.05, 4.69) is 32.7 Å². The van der Waals surface area contributed by atoms with E-state index in [0.29, 0.717) is 11.9 Å². The van der Waals surface area contributed by atoms with Crippen molar-refractivity contribution in [3.05, 3.63) is 0 Å². The van der Waals surface area contributed by atoms with Crippen LogP contribution in [-0.2, 0) is 4.79 Å². The average Bonchev–Trinajstić information content (AvgIpc) is 2.18. The predicted molar refractivity (Wildman–Crippen MR) is 62.7 cm³/mol. The summed E-state index contributed by atoms with van der Waals surface area (Å²) in [5, 5.41) is 0. The third kappa shape index (κ3) is 3.20. The topological polar surface area (TPSA) is 23.6 Å². The van der Waals surface area contributed by atoms with Crippen molar-refractivity contribution in [2.75, 3.05) is 26.7 Å². The van der Waals surface area contributed by atoms with Gasteiger partial charge in [-0.2, -0.15) is 0 Å². The summed E-state index contributed by atoms with van der Waals surface area (Å²) in [4.78, 5) is 16.5. The molecule has 1 heterocycles. The molecule has 1 saturated heterocycles. The zero-order valence-corrected chi connectivity index (χ0v) is 10.5. The first-order valence-corrected chi connectivity index (χ1v) is 6.05. The molecule has 1 aliphatic heterocycles. The fourth-order valence-electron chi connectivity index (χ4n) is 2.38. The minimum absolute atomic E-state index is 0.228. The van der Waals surface area contributed by atoms with E-state index < -0.39 is 0 Å². The molecule has 0 saturated carbocycles. The highest BCUT2D eigenvalue weighted by Crippen LogP contribution is 2.18. The largest absolute Gasteiger partial charge is 0.340 e. The highest BCUT2D eigenvalue weighted by molar-refractivity contribution is 5.79. The van der Waals surface area contributed by atoms with Gasteiger partial charge in [0.15, 0.2) is 0 Å².